The lowest BCUT2D eigenvalue weighted by molar-refractivity contribution is -0.176. The molecule has 0 heterocycles. The summed E-state index contributed by atoms with van der Waals surface area (Å²) in [5, 5.41) is 8.49. The molecule has 88 valence electrons. The molecule has 0 aliphatic rings. The fourth-order valence-corrected chi connectivity index (χ4v) is 1.54. The molecule has 4 nitrogen and oxygen atoms in total. The Kier molecular flexibility index (Phi) is 5.97. The first-order valence-electron chi connectivity index (χ1n) is 5.47. The smallest absolute Gasteiger partial charge is 0.417 e. The molecule has 0 saturated heterocycles. The Hall–Kier alpha value is -1.06. The van der Waals surface area contributed by atoms with Gasteiger partial charge in [-0.25, -0.2) is 9.59 Å². The number of carbonyl (C=O) groups is 2. The molecule has 0 aromatic heterocycles. The molecule has 0 bridgehead atoms. The standard InChI is InChI=1S/C11H20O4/c1-4-7-8-11(5-2,6-3)15-10(14)9(12)13/h4-8H2,1-3H3,(H,12,13). The third-order valence-electron chi connectivity index (χ3n) is 2.76. The molecule has 0 aliphatic carbocycles. The van der Waals surface area contributed by atoms with E-state index in [1.807, 2.05) is 13.8 Å². The lowest BCUT2D eigenvalue weighted by Crippen LogP contribution is -2.36. The van der Waals surface area contributed by atoms with Gasteiger partial charge in [-0.2, -0.15) is 0 Å². The van der Waals surface area contributed by atoms with Crippen LogP contribution in [0.5, 0.6) is 0 Å². The average Bonchev–Trinajstić information content (AvgIpc) is 2.24. The fraction of sp³-hybridized carbons (Fsp3) is 0.818. The van der Waals surface area contributed by atoms with Crippen LogP contribution in [0.25, 0.3) is 0 Å². The van der Waals surface area contributed by atoms with E-state index in [0.717, 1.165) is 19.3 Å². The van der Waals surface area contributed by atoms with Crippen LogP contribution in [0.15, 0.2) is 0 Å². The van der Waals surface area contributed by atoms with Crippen molar-refractivity contribution < 1.29 is 19.4 Å². The molecular formula is C11H20O4. The van der Waals surface area contributed by atoms with Gasteiger partial charge in [-0.05, 0) is 25.7 Å². The Bertz CT molecular complexity index is 219. The zero-order valence-electron chi connectivity index (χ0n) is 9.71. The summed E-state index contributed by atoms with van der Waals surface area (Å²) in [6.07, 6.45) is 3.99. The van der Waals surface area contributed by atoms with Crippen LogP contribution in [0.4, 0.5) is 0 Å². The van der Waals surface area contributed by atoms with Crippen molar-refractivity contribution in [1.29, 1.82) is 0 Å². The molecule has 0 radical (unpaired) electrons. The van der Waals surface area contributed by atoms with Gasteiger partial charge >= 0.3 is 11.9 Å². The van der Waals surface area contributed by atoms with Gasteiger partial charge in [-0.1, -0.05) is 27.2 Å². The van der Waals surface area contributed by atoms with Gasteiger partial charge in [0.05, 0.1) is 0 Å². The summed E-state index contributed by atoms with van der Waals surface area (Å²) in [4.78, 5) is 21.4. The van der Waals surface area contributed by atoms with Crippen molar-refractivity contribution in [3.8, 4) is 0 Å². The molecule has 0 unspecified atom stereocenters. The molecular weight excluding hydrogens is 196 g/mol. The highest BCUT2D eigenvalue weighted by molar-refractivity contribution is 6.28. The van der Waals surface area contributed by atoms with Gasteiger partial charge in [0.2, 0.25) is 0 Å². The van der Waals surface area contributed by atoms with Gasteiger partial charge in [0.1, 0.15) is 5.60 Å². The van der Waals surface area contributed by atoms with Crippen molar-refractivity contribution in [2.75, 3.05) is 0 Å². The van der Waals surface area contributed by atoms with Crippen molar-refractivity contribution in [3.63, 3.8) is 0 Å². The van der Waals surface area contributed by atoms with Gasteiger partial charge in [0.15, 0.2) is 0 Å². The Balaban J connectivity index is 4.48. The van der Waals surface area contributed by atoms with Crippen molar-refractivity contribution >= 4 is 11.9 Å². The molecule has 0 amide bonds. The third-order valence-corrected chi connectivity index (χ3v) is 2.76. The zero-order chi connectivity index (χ0) is 11.9. The number of rotatable bonds is 6. The van der Waals surface area contributed by atoms with Crippen molar-refractivity contribution in [2.45, 2.75) is 58.5 Å². The molecule has 0 aromatic rings. The van der Waals surface area contributed by atoms with E-state index in [9.17, 15) is 9.59 Å². The molecule has 15 heavy (non-hydrogen) atoms. The van der Waals surface area contributed by atoms with E-state index in [2.05, 4.69) is 6.92 Å². The number of hydrogen-bond acceptors (Lipinski definition) is 3. The molecule has 0 fully saturated rings. The molecule has 0 aliphatic heterocycles. The normalized spacial score (nSPS) is 11.1. The minimum Gasteiger partial charge on any atom is -0.473 e. The number of carboxylic acids is 1. The lowest BCUT2D eigenvalue weighted by atomic mass is 9.91. The molecule has 4 heteroatoms. The number of ether oxygens (including phenoxy) is 1. The van der Waals surface area contributed by atoms with Crippen molar-refractivity contribution in [2.24, 2.45) is 0 Å². The lowest BCUT2D eigenvalue weighted by Gasteiger charge is -2.30. The van der Waals surface area contributed by atoms with Gasteiger partial charge in [0.25, 0.3) is 0 Å². The Morgan fingerprint density at radius 2 is 1.73 bits per heavy atom. The van der Waals surface area contributed by atoms with Gasteiger partial charge in [-0.15, -0.1) is 0 Å². The summed E-state index contributed by atoms with van der Waals surface area (Å²) in [6, 6.07) is 0. The number of hydrogen-bond donors (Lipinski definition) is 1. The first kappa shape index (κ1) is 13.9. The highest BCUT2D eigenvalue weighted by Gasteiger charge is 2.32. The van der Waals surface area contributed by atoms with Crippen LogP contribution in [0.2, 0.25) is 0 Å². The summed E-state index contributed by atoms with van der Waals surface area (Å²) in [7, 11) is 0. The van der Waals surface area contributed by atoms with E-state index in [-0.39, 0.29) is 0 Å². The second-order valence-corrected chi connectivity index (χ2v) is 3.69. The molecule has 1 N–H and O–H groups in total. The highest BCUT2D eigenvalue weighted by atomic mass is 16.6. The molecule has 0 rings (SSSR count). The SMILES string of the molecule is CCCCC(CC)(CC)OC(=O)C(=O)O. The van der Waals surface area contributed by atoms with E-state index in [1.54, 1.807) is 0 Å². The topological polar surface area (TPSA) is 63.6 Å². The second-order valence-electron chi connectivity index (χ2n) is 3.69. The summed E-state index contributed by atoms with van der Waals surface area (Å²) in [6.45, 7) is 5.87. The largest absolute Gasteiger partial charge is 0.473 e. The summed E-state index contributed by atoms with van der Waals surface area (Å²) >= 11 is 0. The number of unbranched alkanes of at least 4 members (excludes halogenated alkanes) is 1. The quantitative estimate of drug-likeness (QED) is 0.547. The van der Waals surface area contributed by atoms with Gasteiger partial charge < -0.3 is 9.84 Å². The van der Waals surface area contributed by atoms with E-state index in [0.29, 0.717) is 12.8 Å². The number of esters is 1. The van der Waals surface area contributed by atoms with Crippen LogP contribution in [-0.4, -0.2) is 22.6 Å². The van der Waals surface area contributed by atoms with Crippen LogP contribution in [0, 0.1) is 0 Å². The predicted octanol–water partition coefficient (Wildman–Crippen LogP) is 2.36. The third kappa shape index (κ3) is 4.32. The van der Waals surface area contributed by atoms with Crippen LogP contribution in [-0.2, 0) is 14.3 Å². The van der Waals surface area contributed by atoms with Gasteiger partial charge in [0, 0.05) is 0 Å². The maximum atomic E-state index is 11.0. The minimum atomic E-state index is -1.52. The Morgan fingerprint density at radius 3 is 2.07 bits per heavy atom. The fourth-order valence-electron chi connectivity index (χ4n) is 1.54. The molecule has 0 spiro atoms. The first-order chi connectivity index (χ1) is 7.01. The van der Waals surface area contributed by atoms with E-state index >= 15 is 0 Å². The second kappa shape index (κ2) is 6.43. The number of aliphatic carboxylic acids is 1. The summed E-state index contributed by atoms with van der Waals surface area (Å²) in [5.74, 6) is -2.66. The van der Waals surface area contributed by atoms with Gasteiger partial charge in [-0.3, -0.25) is 0 Å². The van der Waals surface area contributed by atoms with Crippen LogP contribution in [0.3, 0.4) is 0 Å². The van der Waals surface area contributed by atoms with Crippen molar-refractivity contribution in [1.82, 2.24) is 0 Å². The van der Waals surface area contributed by atoms with E-state index in [1.165, 1.54) is 0 Å². The monoisotopic (exact) mass is 216 g/mol. The van der Waals surface area contributed by atoms with Crippen LogP contribution < -0.4 is 0 Å². The molecule has 0 saturated carbocycles. The molecule has 0 atom stereocenters. The summed E-state index contributed by atoms with van der Waals surface area (Å²) in [5.41, 5.74) is -0.592. The zero-order valence-corrected chi connectivity index (χ0v) is 9.71. The maximum Gasteiger partial charge on any atom is 0.417 e. The van der Waals surface area contributed by atoms with E-state index in [4.69, 9.17) is 9.84 Å². The highest BCUT2D eigenvalue weighted by Crippen LogP contribution is 2.27. The van der Waals surface area contributed by atoms with Crippen molar-refractivity contribution in [3.05, 3.63) is 0 Å². The minimum absolute atomic E-state index is 0.592. The van der Waals surface area contributed by atoms with Crippen LogP contribution >= 0.6 is 0 Å². The summed E-state index contributed by atoms with van der Waals surface area (Å²) < 4.78 is 5.06. The molecule has 0 aromatic carbocycles. The first-order valence-corrected chi connectivity index (χ1v) is 5.47. The average molecular weight is 216 g/mol. The maximum absolute atomic E-state index is 11.0. The van der Waals surface area contributed by atoms with Crippen LogP contribution in [0.1, 0.15) is 52.9 Å². The number of carbonyl (C=O) groups excluding carboxylic acids is 1. The van der Waals surface area contributed by atoms with E-state index < -0.39 is 17.5 Å². The Labute approximate surface area is 90.6 Å². The predicted molar refractivity (Wildman–Crippen MR) is 56.6 cm³/mol. The number of carboxylic acid groups (broad SMARTS) is 1. The Morgan fingerprint density at radius 1 is 1.20 bits per heavy atom.